The molecule has 72 valence electrons. The van der Waals surface area contributed by atoms with Crippen LogP contribution in [0.2, 0.25) is 5.02 Å². The minimum Gasteiger partial charge on any atom is -0.324 e. The van der Waals surface area contributed by atoms with E-state index < -0.39 is 0 Å². The molecule has 0 aliphatic carbocycles. The highest BCUT2D eigenvalue weighted by molar-refractivity contribution is 6.35. The molecular formula is C11H11ClN2. The predicted octanol–water partition coefficient (Wildman–Crippen LogP) is 2.91. The van der Waals surface area contributed by atoms with Crippen molar-refractivity contribution < 1.29 is 0 Å². The van der Waals surface area contributed by atoms with Gasteiger partial charge in [-0.1, -0.05) is 17.7 Å². The average molecular weight is 207 g/mol. The Morgan fingerprint density at radius 2 is 2.07 bits per heavy atom. The fourth-order valence-electron chi connectivity index (χ4n) is 1.58. The lowest BCUT2D eigenvalue weighted by molar-refractivity contribution is 0.826. The highest BCUT2D eigenvalue weighted by Gasteiger charge is 2.07. The molecule has 1 heterocycles. The van der Waals surface area contributed by atoms with Crippen LogP contribution in [-0.4, -0.2) is 4.98 Å². The molecule has 0 spiro atoms. The fraction of sp³-hybridized carbons (Fsp3) is 0.182. The molecule has 14 heavy (non-hydrogen) atoms. The van der Waals surface area contributed by atoms with Crippen molar-refractivity contribution in [1.29, 1.82) is 0 Å². The Kier molecular flexibility index (Phi) is 2.40. The molecule has 0 saturated heterocycles. The first-order chi connectivity index (χ1) is 6.70. The zero-order valence-electron chi connectivity index (χ0n) is 7.87. The van der Waals surface area contributed by atoms with Gasteiger partial charge < -0.3 is 5.73 Å². The first kappa shape index (κ1) is 9.44. The van der Waals surface area contributed by atoms with Gasteiger partial charge in [-0.3, -0.25) is 4.98 Å². The second-order valence-corrected chi connectivity index (χ2v) is 3.75. The number of rotatable bonds is 1. The summed E-state index contributed by atoms with van der Waals surface area (Å²) in [4.78, 5) is 4.05. The van der Waals surface area contributed by atoms with Gasteiger partial charge in [-0.15, -0.1) is 0 Å². The molecule has 1 aromatic heterocycles. The van der Waals surface area contributed by atoms with Crippen molar-refractivity contribution in [2.75, 3.05) is 0 Å². The van der Waals surface area contributed by atoms with Crippen LogP contribution in [0.3, 0.4) is 0 Å². The van der Waals surface area contributed by atoms with Gasteiger partial charge in [0.2, 0.25) is 0 Å². The van der Waals surface area contributed by atoms with E-state index in [1.165, 1.54) is 0 Å². The van der Waals surface area contributed by atoms with Gasteiger partial charge in [-0.25, -0.2) is 0 Å². The lowest BCUT2D eigenvalue weighted by Gasteiger charge is -2.10. The summed E-state index contributed by atoms with van der Waals surface area (Å²) in [5, 5.41) is 2.77. The maximum Gasteiger partial charge on any atom is 0.0500 e. The number of benzene rings is 1. The van der Waals surface area contributed by atoms with Crippen LogP contribution in [0.15, 0.2) is 30.6 Å². The van der Waals surface area contributed by atoms with E-state index in [1.54, 1.807) is 12.4 Å². The van der Waals surface area contributed by atoms with Crippen molar-refractivity contribution in [2.45, 2.75) is 13.0 Å². The lowest BCUT2D eigenvalue weighted by atomic mass is 10.0. The third-order valence-electron chi connectivity index (χ3n) is 2.29. The molecule has 0 aliphatic rings. The number of pyridine rings is 1. The van der Waals surface area contributed by atoms with Gasteiger partial charge in [0.05, 0.1) is 0 Å². The van der Waals surface area contributed by atoms with E-state index in [4.69, 9.17) is 17.3 Å². The van der Waals surface area contributed by atoms with Crippen molar-refractivity contribution in [3.05, 3.63) is 41.2 Å². The average Bonchev–Trinajstić information content (AvgIpc) is 2.18. The molecule has 1 atom stereocenters. The topological polar surface area (TPSA) is 38.9 Å². The Morgan fingerprint density at radius 1 is 1.29 bits per heavy atom. The van der Waals surface area contributed by atoms with Crippen LogP contribution in [0.1, 0.15) is 18.5 Å². The molecule has 2 rings (SSSR count). The molecule has 0 saturated carbocycles. The smallest absolute Gasteiger partial charge is 0.0500 e. The second kappa shape index (κ2) is 3.56. The van der Waals surface area contributed by atoms with Crippen LogP contribution in [0, 0.1) is 0 Å². The molecule has 1 aromatic carbocycles. The number of aromatic nitrogens is 1. The Balaban J connectivity index is 2.82. The monoisotopic (exact) mass is 206 g/mol. The molecule has 0 fully saturated rings. The van der Waals surface area contributed by atoms with Crippen LogP contribution in [-0.2, 0) is 0 Å². The Bertz CT molecular complexity index is 466. The van der Waals surface area contributed by atoms with E-state index >= 15 is 0 Å². The molecule has 2 nitrogen and oxygen atoms in total. The van der Waals surface area contributed by atoms with E-state index in [0.717, 1.165) is 21.4 Å². The predicted molar refractivity (Wildman–Crippen MR) is 59.4 cm³/mol. The summed E-state index contributed by atoms with van der Waals surface area (Å²) in [5.74, 6) is 0. The first-order valence-corrected chi connectivity index (χ1v) is 4.85. The van der Waals surface area contributed by atoms with Crippen molar-refractivity contribution in [1.82, 2.24) is 4.98 Å². The number of fused-ring (bicyclic) bond motifs is 1. The summed E-state index contributed by atoms with van der Waals surface area (Å²) >= 11 is 6.05. The van der Waals surface area contributed by atoms with Crippen molar-refractivity contribution in [3.63, 3.8) is 0 Å². The molecule has 0 aliphatic heterocycles. The number of halogens is 1. The largest absolute Gasteiger partial charge is 0.324 e. The summed E-state index contributed by atoms with van der Waals surface area (Å²) in [6.07, 6.45) is 3.52. The number of hydrogen-bond donors (Lipinski definition) is 1. The van der Waals surface area contributed by atoms with E-state index in [2.05, 4.69) is 4.98 Å². The minimum atomic E-state index is 0.0113. The lowest BCUT2D eigenvalue weighted by Crippen LogP contribution is -2.05. The molecule has 1 unspecified atom stereocenters. The SMILES string of the molecule is CC(N)c1ccc(Cl)c2cnccc12. The van der Waals surface area contributed by atoms with E-state index in [9.17, 15) is 0 Å². The summed E-state index contributed by atoms with van der Waals surface area (Å²) in [5.41, 5.74) is 6.97. The van der Waals surface area contributed by atoms with Crippen LogP contribution in [0.25, 0.3) is 10.8 Å². The minimum absolute atomic E-state index is 0.0113. The maximum absolute atomic E-state index is 6.05. The zero-order valence-corrected chi connectivity index (χ0v) is 8.62. The van der Waals surface area contributed by atoms with Crippen molar-refractivity contribution in [3.8, 4) is 0 Å². The second-order valence-electron chi connectivity index (χ2n) is 3.35. The molecule has 2 aromatic rings. The highest BCUT2D eigenvalue weighted by Crippen LogP contribution is 2.28. The molecule has 3 heteroatoms. The number of nitrogens with zero attached hydrogens (tertiary/aromatic N) is 1. The molecule has 0 bridgehead atoms. The third kappa shape index (κ3) is 1.47. The van der Waals surface area contributed by atoms with E-state index in [0.29, 0.717) is 0 Å². The van der Waals surface area contributed by atoms with Crippen LogP contribution >= 0.6 is 11.6 Å². The van der Waals surface area contributed by atoms with Gasteiger partial charge in [-0.05, 0) is 30.0 Å². The van der Waals surface area contributed by atoms with Gasteiger partial charge in [0, 0.05) is 28.8 Å². The summed E-state index contributed by atoms with van der Waals surface area (Å²) in [6.45, 7) is 1.96. The number of nitrogens with two attached hydrogens (primary N) is 1. The Morgan fingerprint density at radius 3 is 2.79 bits per heavy atom. The van der Waals surface area contributed by atoms with Crippen LogP contribution in [0.4, 0.5) is 0 Å². The fourth-order valence-corrected chi connectivity index (χ4v) is 1.79. The summed E-state index contributed by atoms with van der Waals surface area (Å²) < 4.78 is 0. The first-order valence-electron chi connectivity index (χ1n) is 4.48. The van der Waals surface area contributed by atoms with Gasteiger partial charge in [-0.2, -0.15) is 0 Å². The molecular weight excluding hydrogens is 196 g/mol. The van der Waals surface area contributed by atoms with Gasteiger partial charge in [0.15, 0.2) is 0 Å². The van der Waals surface area contributed by atoms with Crippen molar-refractivity contribution in [2.24, 2.45) is 5.73 Å². The number of hydrogen-bond acceptors (Lipinski definition) is 2. The standard InChI is InChI=1S/C11H11ClN2/c1-7(13)8-2-3-11(12)10-6-14-5-4-9(8)10/h2-7H,13H2,1H3. The van der Waals surface area contributed by atoms with Gasteiger partial charge >= 0.3 is 0 Å². The van der Waals surface area contributed by atoms with E-state index in [1.807, 2.05) is 25.1 Å². The van der Waals surface area contributed by atoms with Crippen LogP contribution < -0.4 is 5.73 Å². The molecule has 0 amide bonds. The Labute approximate surface area is 87.7 Å². The van der Waals surface area contributed by atoms with Gasteiger partial charge in [0.25, 0.3) is 0 Å². The molecule has 2 N–H and O–H groups in total. The normalized spacial score (nSPS) is 13.1. The van der Waals surface area contributed by atoms with Crippen molar-refractivity contribution >= 4 is 22.4 Å². The highest BCUT2D eigenvalue weighted by atomic mass is 35.5. The summed E-state index contributed by atoms with van der Waals surface area (Å²) in [7, 11) is 0. The maximum atomic E-state index is 6.05. The Hall–Kier alpha value is -1.12. The third-order valence-corrected chi connectivity index (χ3v) is 2.62. The summed E-state index contributed by atoms with van der Waals surface area (Å²) in [6, 6.07) is 5.79. The zero-order chi connectivity index (χ0) is 10.1. The molecule has 0 radical (unpaired) electrons. The van der Waals surface area contributed by atoms with Crippen LogP contribution in [0.5, 0.6) is 0 Å². The van der Waals surface area contributed by atoms with E-state index in [-0.39, 0.29) is 6.04 Å². The van der Waals surface area contributed by atoms with Gasteiger partial charge in [0.1, 0.15) is 0 Å². The quantitative estimate of drug-likeness (QED) is 0.779.